The molecule has 0 aliphatic carbocycles. The van der Waals surface area contributed by atoms with Gasteiger partial charge < -0.3 is 10.6 Å². The van der Waals surface area contributed by atoms with Crippen molar-refractivity contribution < 1.29 is 14.0 Å². The van der Waals surface area contributed by atoms with Gasteiger partial charge in [-0.2, -0.15) is 0 Å². The summed E-state index contributed by atoms with van der Waals surface area (Å²) in [6, 6.07) is 4.52. The van der Waals surface area contributed by atoms with Crippen LogP contribution in [-0.4, -0.2) is 24.9 Å². The van der Waals surface area contributed by atoms with E-state index in [1.165, 1.54) is 17.0 Å². The van der Waals surface area contributed by atoms with Crippen molar-refractivity contribution in [3.63, 3.8) is 0 Å². The van der Waals surface area contributed by atoms with Gasteiger partial charge in [-0.15, -0.1) is 0 Å². The first-order chi connectivity index (χ1) is 8.10. The molecular formula is C11H12FN3O2. The molecule has 2 rings (SSSR count). The van der Waals surface area contributed by atoms with Crippen molar-refractivity contribution in [1.29, 1.82) is 0 Å². The Hall–Kier alpha value is -1.95. The predicted molar refractivity (Wildman–Crippen MR) is 59.7 cm³/mol. The molecule has 0 saturated carbocycles. The topological polar surface area (TPSA) is 75.4 Å². The van der Waals surface area contributed by atoms with Crippen LogP contribution >= 0.6 is 0 Å². The van der Waals surface area contributed by atoms with E-state index in [2.05, 4.69) is 5.32 Å². The van der Waals surface area contributed by atoms with Crippen molar-refractivity contribution in [3.05, 3.63) is 29.6 Å². The average Bonchev–Trinajstić information content (AvgIpc) is 2.27. The molecule has 0 aromatic heterocycles. The number of hydrogen-bond acceptors (Lipinski definition) is 4. The number of anilines is 1. The lowest BCUT2D eigenvalue weighted by atomic mass is 10.1. The number of nitrogens with one attached hydrogen (secondary N) is 1. The maximum absolute atomic E-state index is 13.7. The lowest BCUT2D eigenvalue weighted by molar-refractivity contribution is -0.130. The Kier molecular flexibility index (Phi) is 3.06. The van der Waals surface area contributed by atoms with Crippen LogP contribution in [0.3, 0.4) is 0 Å². The first-order valence-corrected chi connectivity index (χ1v) is 5.16. The first kappa shape index (κ1) is 11.5. The molecule has 3 N–H and O–H groups in total. The molecule has 1 fully saturated rings. The zero-order valence-corrected chi connectivity index (χ0v) is 9.07. The molecule has 0 atom stereocenters. The fraction of sp³-hybridized carbons (Fsp3) is 0.273. The summed E-state index contributed by atoms with van der Waals surface area (Å²) >= 11 is 0. The minimum atomic E-state index is -0.476. The Morgan fingerprint density at radius 1 is 1.29 bits per heavy atom. The van der Waals surface area contributed by atoms with Crippen molar-refractivity contribution in [2.75, 3.05) is 18.0 Å². The van der Waals surface area contributed by atoms with Crippen LogP contribution in [0.1, 0.15) is 5.56 Å². The summed E-state index contributed by atoms with van der Waals surface area (Å²) in [5, 5.41) is 2.16. The molecule has 17 heavy (non-hydrogen) atoms. The number of hydrogen-bond donors (Lipinski definition) is 2. The van der Waals surface area contributed by atoms with Gasteiger partial charge in [-0.05, 0) is 17.7 Å². The number of nitrogens with zero attached hydrogens (tertiary/aromatic N) is 1. The molecule has 1 aliphatic rings. The molecule has 0 unspecified atom stereocenters. The van der Waals surface area contributed by atoms with Crippen LogP contribution in [0.5, 0.6) is 0 Å². The highest BCUT2D eigenvalue weighted by Crippen LogP contribution is 2.21. The van der Waals surface area contributed by atoms with Gasteiger partial charge >= 0.3 is 0 Å². The van der Waals surface area contributed by atoms with Crippen molar-refractivity contribution in [3.8, 4) is 0 Å². The Bertz CT molecular complexity index is 460. The van der Waals surface area contributed by atoms with Crippen LogP contribution in [-0.2, 0) is 16.1 Å². The third-order valence-corrected chi connectivity index (χ3v) is 2.54. The first-order valence-electron chi connectivity index (χ1n) is 5.16. The minimum Gasteiger partial charge on any atom is -0.351 e. The monoisotopic (exact) mass is 237 g/mol. The predicted octanol–water partition coefficient (Wildman–Crippen LogP) is -0.253. The molecule has 5 nitrogen and oxygen atoms in total. The van der Waals surface area contributed by atoms with Crippen molar-refractivity contribution in [1.82, 2.24) is 5.32 Å². The summed E-state index contributed by atoms with van der Waals surface area (Å²) in [5.41, 5.74) is 6.30. The SMILES string of the molecule is NCc1ccc(N2CC(=O)NC(=O)C2)c(F)c1. The summed E-state index contributed by atoms with van der Waals surface area (Å²) in [4.78, 5) is 23.8. The van der Waals surface area contributed by atoms with Crippen LogP contribution in [0.2, 0.25) is 0 Å². The fourth-order valence-electron chi connectivity index (χ4n) is 1.74. The van der Waals surface area contributed by atoms with E-state index in [1.807, 2.05) is 0 Å². The van der Waals surface area contributed by atoms with Gasteiger partial charge in [0.1, 0.15) is 5.82 Å². The van der Waals surface area contributed by atoms with E-state index in [4.69, 9.17) is 5.73 Å². The highest BCUT2D eigenvalue weighted by atomic mass is 19.1. The molecule has 1 saturated heterocycles. The van der Waals surface area contributed by atoms with Gasteiger partial charge in [-0.1, -0.05) is 6.07 Å². The number of halogens is 1. The van der Waals surface area contributed by atoms with Crippen LogP contribution in [0, 0.1) is 5.82 Å². The second-order valence-corrected chi connectivity index (χ2v) is 3.82. The molecule has 0 spiro atoms. The molecular weight excluding hydrogens is 225 g/mol. The molecule has 6 heteroatoms. The van der Waals surface area contributed by atoms with E-state index in [0.29, 0.717) is 5.56 Å². The van der Waals surface area contributed by atoms with Crippen molar-refractivity contribution in [2.24, 2.45) is 5.73 Å². The average molecular weight is 237 g/mol. The third kappa shape index (κ3) is 2.42. The van der Waals surface area contributed by atoms with E-state index in [1.54, 1.807) is 6.07 Å². The quantitative estimate of drug-likeness (QED) is 0.695. The molecule has 2 amide bonds. The fourth-order valence-corrected chi connectivity index (χ4v) is 1.74. The van der Waals surface area contributed by atoms with E-state index in [9.17, 15) is 14.0 Å². The minimum absolute atomic E-state index is 0.0232. The Balaban J connectivity index is 2.27. The van der Waals surface area contributed by atoms with Crippen LogP contribution < -0.4 is 16.0 Å². The summed E-state index contributed by atoms with van der Waals surface area (Å²) < 4.78 is 13.7. The number of rotatable bonds is 2. The summed E-state index contributed by atoms with van der Waals surface area (Å²) in [7, 11) is 0. The Labute approximate surface area is 97.4 Å². The number of imide groups is 1. The van der Waals surface area contributed by atoms with Gasteiger partial charge in [-0.25, -0.2) is 4.39 Å². The van der Waals surface area contributed by atoms with Gasteiger partial charge in [0.2, 0.25) is 11.8 Å². The van der Waals surface area contributed by atoms with Crippen molar-refractivity contribution in [2.45, 2.75) is 6.54 Å². The maximum Gasteiger partial charge on any atom is 0.246 e. The zero-order valence-electron chi connectivity index (χ0n) is 9.07. The van der Waals surface area contributed by atoms with E-state index in [-0.39, 0.29) is 25.3 Å². The molecule has 1 aromatic carbocycles. The van der Waals surface area contributed by atoms with Gasteiger partial charge in [0.05, 0.1) is 18.8 Å². The normalized spacial score (nSPS) is 16.0. The maximum atomic E-state index is 13.7. The van der Waals surface area contributed by atoms with E-state index >= 15 is 0 Å². The molecule has 0 radical (unpaired) electrons. The largest absolute Gasteiger partial charge is 0.351 e. The van der Waals surface area contributed by atoms with Gasteiger partial charge in [0, 0.05) is 6.54 Å². The van der Waals surface area contributed by atoms with E-state index in [0.717, 1.165) is 0 Å². The number of nitrogens with two attached hydrogens (primary N) is 1. The lowest BCUT2D eigenvalue weighted by Crippen LogP contribution is -2.51. The van der Waals surface area contributed by atoms with Crippen LogP contribution in [0.25, 0.3) is 0 Å². The van der Waals surface area contributed by atoms with Crippen LogP contribution in [0.15, 0.2) is 18.2 Å². The molecule has 1 aromatic rings. The van der Waals surface area contributed by atoms with Crippen molar-refractivity contribution >= 4 is 17.5 Å². The second kappa shape index (κ2) is 4.50. The molecule has 0 bridgehead atoms. The summed E-state index contributed by atoms with van der Waals surface area (Å²) in [6.45, 7) is 0.200. The number of carbonyl (C=O) groups is 2. The number of carbonyl (C=O) groups excluding carboxylic acids is 2. The third-order valence-electron chi connectivity index (χ3n) is 2.54. The molecule has 1 aliphatic heterocycles. The lowest BCUT2D eigenvalue weighted by Gasteiger charge is -2.27. The zero-order chi connectivity index (χ0) is 12.4. The summed E-state index contributed by atoms with van der Waals surface area (Å²) in [6.07, 6.45) is 0. The number of piperazine rings is 1. The van der Waals surface area contributed by atoms with Gasteiger partial charge in [0.15, 0.2) is 0 Å². The smallest absolute Gasteiger partial charge is 0.246 e. The van der Waals surface area contributed by atoms with Gasteiger partial charge in [0.25, 0.3) is 0 Å². The summed E-state index contributed by atoms with van der Waals surface area (Å²) in [5.74, 6) is -1.33. The number of benzene rings is 1. The second-order valence-electron chi connectivity index (χ2n) is 3.82. The highest BCUT2D eigenvalue weighted by molar-refractivity contribution is 6.02. The standard InChI is InChI=1S/C11H12FN3O2/c12-8-3-7(4-13)1-2-9(8)15-5-10(16)14-11(17)6-15/h1-3H,4-6,13H2,(H,14,16,17). The Morgan fingerprint density at radius 2 is 1.94 bits per heavy atom. The highest BCUT2D eigenvalue weighted by Gasteiger charge is 2.24. The Morgan fingerprint density at radius 3 is 2.47 bits per heavy atom. The molecule has 1 heterocycles. The van der Waals surface area contributed by atoms with Crippen LogP contribution in [0.4, 0.5) is 10.1 Å². The number of amides is 2. The van der Waals surface area contributed by atoms with Gasteiger partial charge in [-0.3, -0.25) is 14.9 Å². The van der Waals surface area contributed by atoms with E-state index < -0.39 is 17.6 Å². The molecule has 90 valence electrons.